The Balaban J connectivity index is 2.41. The van der Waals surface area contributed by atoms with Crippen LogP contribution in [0.25, 0.3) is 0 Å². The van der Waals surface area contributed by atoms with Gasteiger partial charge in [0.15, 0.2) is 0 Å². The van der Waals surface area contributed by atoms with Gasteiger partial charge in [0.05, 0.1) is 25.6 Å². The highest BCUT2D eigenvalue weighted by atomic mass is 16.5. The van der Waals surface area contributed by atoms with E-state index in [1.165, 1.54) is 7.11 Å². The maximum atomic E-state index is 12.0. The molecule has 3 atom stereocenters. The van der Waals surface area contributed by atoms with Crippen LogP contribution < -0.4 is 5.32 Å². The summed E-state index contributed by atoms with van der Waals surface area (Å²) in [7, 11) is 4.56. The molecule has 1 saturated heterocycles. The molecule has 1 aliphatic rings. The average Bonchev–Trinajstić information content (AvgIpc) is 2.85. The maximum absolute atomic E-state index is 12.0. The summed E-state index contributed by atoms with van der Waals surface area (Å²) in [5.41, 5.74) is 0. The number of methoxy groups -OCH3 is 3. The van der Waals surface area contributed by atoms with Crippen molar-refractivity contribution in [2.24, 2.45) is 0 Å². The normalized spacial score (nSPS) is 23.6. The van der Waals surface area contributed by atoms with E-state index in [4.69, 9.17) is 19.3 Å². The van der Waals surface area contributed by atoms with E-state index in [0.29, 0.717) is 13.1 Å². The van der Waals surface area contributed by atoms with E-state index in [1.54, 1.807) is 19.1 Å². The summed E-state index contributed by atoms with van der Waals surface area (Å²) >= 11 is 0. The molecule has 8 heteroatoms. The number of urea groups is 1. The number of hydrogen-bond donors (Lipinski definition) is 2. The molecule has 2 amide bonds. The van der Waals surface area contributed by atoms with Crippen LogP contribution >= 0.6 is 0 Å². The highest BCUT2D eigenvalue weighted by Gasteiger charge is 2.35. The Hall–Kier alpha value is -1.38. The number of amides is 2. The van der Waals surface area contributed by atoms with Crippen molar-refractivity contribution >= 4 is 12.0 Å². The van der Waals surface area contributed by atoms with Crippen molar-refractivity contribution in [2.75, 3.05) is 41.0 Å². The molecule has 0 bridgehead atoms. The van der Waals surface area contributed by atoms with Gasteiger partial charge >= 0.3 is 12.0 Å². The molecule has 0 spiro atoms. The molecule has 0 aliphatic carbocycles. The number of rotatable bonds is 7. The number of nitrogens with one attached hydrogen (secondary N) is 1. The Labute approximate surface area is 118 Å². The molecule has 0 saturated carbocycles. The first kappa shape index (κ1) is 16.7. The standard InChI is InChI=1S/C12H22N2O6/c1-18-8(4-11(15)16)5-13-12(17)14-6-9(19-2)10(7-14)20-3/h8-10H,4-7H2,1-3H3,(H,13,17)(H,15,16). The Morgan fingerprint density at radius 3 is 2.20 bits per heavy atom. The fraction of sp³-hybridized carbons (Fsp3) is 0.833. The van der Waals surface area contributed by atoms with Crippen molar-refractivity contribution in [1.82, 2.24) is 10.2 Å². The van der Waals surface area contributed by atoms with Gasteiger partial charge in [-0.15, -0.1) is 0 Å². The van der Waals surface area contributed by atoms with Crippen LogP contribution in [0.15, 0.2) is 0 Å². The van der Waals surface area contributed by atoms with Gasteiger partial charge in [-0.3, -0.25) is 4.79 Å². The summed E-state index contributed by atoms with van der Waals surface area (Å²) in [4.78, 5) is 24.2. The number of hydrogen-bond acceptors (Lipinski definition) is 5. The van der Waals surface area contributed by atoms with Crippen LogP contribution in [0.2, 0.25) is 0 Å². The molecule has 2 N–H and O–H groups in total. The maximum Gasteiger partial charge on any atom is 0.317 e. The predicted molar refractivity (Wildman–Crippen MR) is 69.6 cm³/mol. The molecule has 116 valence electrons. The second-order valence-corrected chi connectivity index (χ2v) is 4.59. The van der Waals surface area contributed by atoms with Gasteiger partial charge in [-0.1, -0.05) is 0 Å². The Morgan fingerprint density at radius 1 is 1.25 bits per heavy atom. The molecular weight excluding hydrogens is 268 g/mol. The van der Waals surface area contributed by atoms with Gasteiger partial charge in [-0.25, -0.2) is 4.79 Å². The number of aliphatic carboxylic acids is 1. The van der Waals surface area contributed by atoms with Crippen LogP contribution in [-0.2, 0) is 19.0 Å². The first-order valence-corrected chi connectivity index (χ1v) is 6.34. The Morgan fingerprint density at radius 2 is 1.80 bits per heavy atom. The minimum absolute atomic E-state index is 0.146. The summed E-state index contributed by atoms with van der Waals surface area (Å²) in [6.45, 7) is 1.03. The quantitative estimate of drug-likeness (QED) is 0.658. The van der Waals surface area contributed by atoms with Gasteiger partial charge in [0.25, 0.3) is 0 Å². The topological polar surface area (TPSA) is 97.3 Å². The van der Waals surface area contributed by atoms with Crippen LogP contribution in [0.1, 0.15) is 6.42 Å². The first-order chi connectivity index (χ1) is 9.51. The molecule has 8 nitrogen and oxygen atoms in total. The smallest absolute Gasteiger partial charge is 0.317 e. The number of carboxylic acids is 1. The zero-order valence-corrected chi connectivity index (χ0v) is 12.0. The average molecular weight is 290 g/mol. The number of ether oxygens (including phenoxy) is 3. The van der Waals surface area contributed by atoms with E-state index in [9.17, 15) is 9.59 Å². The van der Waals surface area contributed by atoms with E-state index in [2.05, 4.69) is 5.32 Å². The summed E-state index contributed by atoms with van der Waals surface area (Å²) < 4.78 is 15.5. The highest BCUT2D eigenvalue weighted by molar-refractivity contribution is 5.75. The van der Waals surface area contributed by atoms with Crippen molar-refractivity contribution in [2.45, 2.75) is 24.7 Å². The molecular formula is C12H22N2O6. The number of carbonyl (C=O) groups excluding carboxylic acids is 1. The molecule has 1 heterocycles. The minimum Gasteiger partial charge on any atom is -0.481 e. The Kier molecular flexibility index (Phi) is 6.69. The molecule has 0 radical (unpaired) electrons. The van der Waals surface area contributed by atoms with Crippen molar-refractivity contribution in [1.29, 1.82) is 0 Å². The van der Waals surface area contributed by atoms with E-state index in [1.807, 2.05) is 0 Å². The van der Waals surface area contributed by atoms with E-state index < -0.39 is 12.1 Å². The van der Waals surface area contributed by atoms with Crippen LogP contribution in [-0.4, -0.2) is 81.3 Å². The zero-order chi connectivity index (χ0) is 15.1. The van der Waals surface area contributed by atoms with E-state index in [0.717, 1.165) is 0 Å². The summed E-state index contributed by atoms with van der Waals surface area (Å²) in [5, 5.41) is 11.3. The molecule has 3 unspecified atom stereocenters. The largest absolute Gasteiger partial charge is 0.481 e. The van der Waals surface area contributed by atoms with Crippen molar-refractivity contribution in [3.8, 4) is 0 Å². The first-order valence-electron chi connectivity index (χ1n) is 6.34. The lowest BCUT2D eigenvalue weighted by Gasteiger charge is -2.19. The monoisotopic (exact) mass is 290 g/mol. The van der Waals surface area contributed by atoms with Crippen LogP contribution in [0.3, 0.4) is 0 Å². The van der Waals surface area contributed by atoms with Crippen LogP contribution in [0, 0.1) is 0 Å². The van der Waals surface area contributed by atoms with Crippen molar-refractivity contribution in [3.63, 3.8) is 0 Å². The second kappa shape index (κ2) is 8.03. The predicted octanol–water partition coefficient (Wildman–Crippen LogP) is -0.469. The zero-order valence-electron chi connectivity index (χ0n) is 12.0. The van der Waals surface area contributed by atoms with Gasteiger partial charge in [-0.2, -0.15) is 0 Å². The lowest BCUT2D eigenvalue weighted by atomic mass is 10.2. The number of carboxylic acid groups (broad SMARTS) is 1. The van der Waals surface area contributed by atoms with Crippen LogP contribution in [0.5, 0.6) is 0 Å². The van der Waals surface area contributed by atoms with E-state index >= 15 is 0 Å². The van der Waals surface area contributed by atoms with Gasteiger partial charge in [0, 0.05) is 27.9 Å². The molecule has 1 rings (SSSR count). The fourth-order valence-corrected chi connectivity index (χ4v) is 2.11. The Bertz CT molecular complexity index is 326. The summed E-state index contributed by atoms with van der Waals surface area (Å²) in [5.74, 6) is -0.967. The third-order valence-corrected chi connectivity index (χ3v) is 3.32. The van der Waals surface area contributed by atoms with Gasteiger partial charge in [0.2, 0.25) is 0 Å². The second-order valence-electron chi connectivity index (χ2n) is 4.59. The molecule has 20 heavy (non-hydrogen) atoms. The molecule has 0 aromatic heterocycles. The van der Waals surface area contributed by atoms with E-state index in [-0.39, 0.29) is 31.2 Å². The van der Waals surface area contributed by atoms with Crippen molar-refractivity contribution < 1.29 is 28.9 Å². The summed E-state index contributed by atoms with van der Waals surface area (Å²) in [6, 6.07) is -0.279. The number of carbonyl (C=O) groups is 2. The lowest BCUT2D eigenvalue weighted by Crippen LogP contribution is -2.43. The molecule has 1 aliphatic heterocycles. The van der Waals surface area contributed by atoms with Crippen LogP contribution in [0.4, 0.5) is 4.79 Å². The number of nitrogens with zero attached hydrogens (tertiary/aromatic N) is 1. The third kappa shape index (κ3) is 4.62. The SMILES string of the molecule is COC(CNC(=O)N1CC(OC)C(OC)C1)CC(=O)O. The fourth-order valence-electron chi connectivity index (χ4n) is 2.11. The molecule has 0 aromatic carbocycles. The summed E-state index contributed by atoms with van der Waals surface area (Å²) in [6.07, 6.45) is -1.00. The highest BCUT2D eigenvalue weighted by Crippen LogP contribution is 2.15. The van der Waals surface area contributed by atoms with Crippen molar-refractivity contribution in [3.05, 3.63) is 0 Å². The number of likely N-dealkylation sites (tertiary alicyclic amines) is 1. The lowest BCUT2D eigenvalue weighted by molar-refractivity contribution is -0.139. The third-order valence-electron chi connectivity index (χ3n) is 3.32. The van der Waals surface area contributed by atoms with Gasteiger partial charge in [0.1, 0.15) is 12.2 Å². The molecule has 0 aromatic rings. The van der Waals surface area contributed by atoms with Gasteiger partial charge < -0.3 is 29.5 Å². The minimum atomic E-state index is -0.967. The van der Waals surface area contributed by atoms with Gasteiger partial charge in [-0.05, 0) is 0 Å². The molecule has 1 fully saturated rings.